The summed E-state index contributed by atoms with van der Waals surface area (Å²) in [5, 5.41) is 3.18. The second-order valence-corrected chi connectivity index (χ2v) is 7.29. The molecule has 2 aromatic carbocycles. The Kier molecular flexibility index (Phi) is 7.71. The Morgan fingerprint density at radius 2 is 1.59 bits per heavy atom. The first-order valence-electron chi connectivity index (χ1n) is 9.60. The van der Waals surface area contributed by atoms with Gasteiger partial charge in [-0.1, -0.05) is 50.6 Å². The van der Waals surface area contributed by atoms with E-state index in [1.54, 1.807) is 7.11 Å². The number of aryl methyl sites for hydroxylation is 1. The third-order valence-corrected chi connectivity index (χ3v) is 4.50. The number of amides is 1. The lowest BCUT2D eigenvalue weighted by Crippen LogP contribution is -2.40. The largest absolute Gasteiger partial charge is 0.497 e. The summed E-state index contributed by atoms with van der Waals surface area (Å²) in [7, 11) is 1.65. The van der Waals surface area contributed by atoms with Crippen LogP contribution in [0.4, 0.5) is 0 Å². The van der Waals surface area contributed by atoms with Gasteiger partial charge < -0.3 is 14.8 Å². The van der Waals surface area contributed by atoms with Gasteiger partial charge in [0.25, 0.3) is 5.91 Å². The van der Waals surface area contributed by atoms with Crippen LogP contribution in [-0.4, -0.2) is 19.1 Å². The molecule has 0 radical (unpaired) electrons. The smallest absolute Gasteiger partial charge is 0.261 e. The minimum atomic E-state index is -0.513. The van der Waals surface area contributed by atoms with E-state index in [0.29, 0.717) is 18.1 Å². The van der Waals surface area contributed by atoms with Gasteiger partial charge in [0, 0.05) is 0 Å². The molecule has 146 valence electrons. The number of hydrogen-bond acceptors (Lipinski definition) is 3. The zero-order chi connectivity index (χ0) is 19.8. The molecule has 0 aliphatic rings. The summed E-state index contributed by atoms with van der Waals surface area (Å²) in [6.45, 7) is 8.30. The molecule has 4 nitrogen and oxygen atoms in total. The van der Waals surface area contributed by atoms with E-state index in [-0.39, 0.29) is 11.9 Å². The summed E-state index contributed by atoms with van der Waals surface area (Å²) in [6.07, 6.45) is 0.955. The minimum absolute atomic E-state index is 0.0564. The molecule has 0 aromatic heterocycles. The van der Waals surface area contributed by atoms with E-state index >= 15 is 0 Å². The SMILES string of the molecule is CC[C@H](Oc1ccc(C)cc1)C(=O)N[C@H](CC(C)C)c1ccc(OC)cc1. The number of benzene rings is 2. The van der Waals surface area contributed by atoms with Crippen molar-refractivity contribution in [2.75, 3.05) is 7.11 Å². The number of methoxy groups -OCH3 is 1. The van der Waals surface area contributed by atoms with Gasteiger partial charge in [-0.05, 0) is 55.5 Å². The Morgan fingerprint density at radius 3 is 2.11 bits per heavy atom. The van der Waals surface area contributed by atoms with Crippen molar-refractivity contribution in [3.63, 3.8) is 0 Å². The van der Waals surface area contributed by atoms with Crippen LogP contribution in [0.25, 0.3) is 0 Å². The Bertz CT molecular complexity index is 707. The van der Waals surface area contributed by atoms with Crippen LogP contribution in [0.15, 0.2) is 48.5 Å². The molecular weight excluding hydrogens is 338 g/mol. The van der Waals surface area contributed by atoms with Gasteiger partial charge in [0.2, 0.25) is 0 Å². The summed E-state index contributed by atoms with van der Waals surface area (Å²) < 4.78 is 11.2. The molecule has 0 aliphatic heterocycles. The van der Waals surface area contributed by atoms with Gasteiger partial charge in [-0.25, -0.2) is 0 Å². The molecule has 0 heterocycles. The van der Waals surface area contributed by atoms with Crippen molar-refractivity contribution in [1.82, 2.24) is 5.32 Å². The lowest BCUT2D eigenvalue weighted by molar-refractivity contribution is -0.129. The predicted molar refractivity (Wildman–Crippen MR) is 109 cm³/mol. The number of rotatable bonds is 9. The second-order valence-electron chi connectivity index (χ2n) is 7.29. The van der Waals surface area contributed by atoms with Crippen LogP contribution in [0.5, 0.6) is 11.5 Å². The van der Waals surface area contributed by atoms with Crippen LogP contribution in [0.3, 0.4) is 0 Å². The number of carbonyl (C=O) groups excluding carboxylic acids is 1. The van der Waals surface area contributed by atoms with Crippen molar-refractivity contribution in [3.8, 4) is 11.5 Å². The van der Waals surface area contributed by atoms with Crippen LogP contribution in [-0.2, 0) is 4.79 Å². The van der Waals surface area contributed by atoms with Crippen LogP contribution >= 0.6 is 0 Å². The summed E-state index contributed by atoms with van der Waals surface area (Å²) in [6, 6.07) is 15.6. The van der Waals surface area contributed by atoms with Crippen LogP contribution < -0.4 is 14.8 Å². The van der Waals surface area contributed by atoms with Gasteiger partial charge in [-0.3, -0.25) is 4.79 Å². The molecule has 0 saturated heterocycles. The van der Waals surface area contributed by atoms with Gasteiger partial charge in [0.05, 0.1) is 13.2 Å². The molecule has 27 heavy (non-hydrogen) atoms. The molecule has 0 saturated carbocycles. The van der Waals surface area contributed by atoms with Crippen molar-refractivity contribution in [1.29, 1.82) is 0 Å². The Balaban J connectivity index is 2.10. The van der Waals surface area contributed by atoms with E-state index in [1.807, 2.05) is 62.4 Å². The van der Waals surface area contributed by atoms with E-state index in [0.717, 1.165) is 23.3 Å². The molecule has 0 spiro atoms. The maximum absolute atomic E-state index is 12.9. The second kappa shape index (κ2) is 10.0. The van der Waals surface area contributed by atoms with Crippen molar-refractivity contribution >= 4 is 5.91 Å². The highest BCUT2D eigenvalue weighted by Gasteiger charge is 2.23. The highest BCUT2D eigenvalue weighted by Crippen LogP contribution is 2.24. The normalized spacial score (nSPS) is 13.1. The highest BCUT2D eigenvalue weighted by molar-refractivity contribution is 5.81. The number of ether oxygens (including phenoxy) is 2. The zero-order valence-corrected chi connectivity index (χ0v) is 17.0. The highest BCUT2D eigenvalue weighted by atomic mass is 16.5. The minimum Gasteiger partial charge on any atom is -0.497 e. The average Bonchev–Trinajstić information content (AvgIpc) is 2.66. The fourth-order valence-corrected chi connectivity index (χ4v) is 2.95. The van der Waals surface area contributed by atoms with Crippen molar-refractivity contribution in [2.45, 2.75) is 52.7 Å². The van der Waals surface area contributed by atoms with Gasteiger partial charge in [0.1, 0.15) is 11.5 Å². The molecule has 0 fully saturated rings. The molecule has 2 rings (SSSR count). The third kappa shape index (κ3) is 6.31. The lowest BCUT2D eigenvalue weighted by Gasteiger charge is -2.24. The van der Waals surface area contributed by atoms with E-state index in [4.69, 9.17) is 9.47 Å². The molecule has 2 atom stereocenters. The van der Waals surface area contributed by atoms with E-state index in [2.05, 4.69) is 19.2 Å². The maximum Gasteiger partial charge on any atom is 0.261 e. The fraction of sp³-hybridized carbons (Fsp3) is 0.435. The van der Waals surface area contributed by atoms with E-state index in [1.165, 1.54) is 0 Å². The van der Waals surface area contributed by atoms with Gasteiger partial charge >= 0.3 is 0 Å². The monoisotopic (exact) mass is 369 g/mol. The number of nitrogens with one attached hydrogen (secondary N) is 1. The summed E-state index contributed by atoms with van der Waals surface area (Å²) >= 11 is 0. The first-order valence-corrected chi connectivity index (χ1v) is 9.60. The molecule has 0 bridgehead atoms. The topological polar surface area (TPSA) is 47.6 Å². The lowest BCUT2D eigenvalue weighted by atomic mass is 9.96. The molecule has 4 heteroatoms. The summed E-state index contributed by atoms with van der Waals surface area (Å²) in [5.41, 5.74) is 2.24. The van der Waals surface area contributed by atoms with Crippen LogP contribution in [0.1, 0.15) is 50.8 Å². The zero-order valence-electron chi connectivity index (χ0n) is 17.0. The van der Waals surface area contributed by atoms with E-state index < -0.39 is 6.10 Å². The van der Waals surface area contributed by atoms with Gasteiger partial charge in [0.15, 0.2) is 6.10 Å². The molecule has 1 amide bonds. The first kappa shape index (κ1) is 20.8. The Labute approximate surface area is 162 Å². The third-order valence-electron chi connectivity index (χ3n) is 4.50. The number of hydrogen-bond donors (Lipinski definition) is 1. The van der Waals surface area contributed by atoms with E-state index in [9.17, 15) is 4.79 Å². The fourth-order valence-electron chi connectivity index (χ4n) is 2.95. The molecule has 0 unspecified atom stereocenters. The van der Waals surface area contributed by atoms with Gasteiger partial charge in [-0.15, -0.1) is 0 Å². The Hall–Kier alpha value is -2.49. The average molecular weight is 370 g/mol. The standard InChI is InChI=1S/C23H31NO3/c1-6-22(27-20-11-7-17(4)8-12-20)23(25)24-21(15-16(2)3)18-9-13-19(26-5)14-10-18/h7-14,16,21-22H,6,15H2,1-5H3,(H,24,25)/t21-,22+/m1/s1. The van der Waals surface area contributed by atoms with Gasteiger partial charge in [-0.2, -0.15) is 0 Å². The predicted octanol–water partition coefficient (Wildman–Crippen LogP) is 5.06. The van der Waals surface area contributed by atoms with Crippen molar-refractivity contribution < 1.29 is 14.3 Å². The molecule has 0 aliphatic carbocycles. The maximum atomic E-state index is 12.9. The first-order chi connectivity index (χ1) is 12.9. The molecule has 2 aromatic rings. The summed E-state index contributed by atoms with van der Waals surface area (Å²) in [5.74, 6) is 1.89. The van der Waals surface area contributed by atoms with Crippen LogP contribution in [0, 0.1) is 12.8 Å². The van der Waals surface area contributed by atoms with Crippen molar-refractivity contribution in [2.24, 2.45) is 5.92 Å². The quantitative estimate of drug-likeness (QED) is 0.672. The summed E-state index contributed by atoms with van der Waals surface area (Å²) in [4.78, 5) is 12.9. The molecular formula is C23H31NO3. The number of carbonyl (C=O) groups is 1. The Morgan fingerprint density at radius 1 is 1.00 bits per heavy atom. The van der Waals surface area contributed by atoms with Crippen LogP contribution in [0.2, 0.25) is 0 Å². The van der Waals surface area contributed by atoms with Crippen molar-refractivity contribution in [3.05, 3.63) is 59.7 Å². The molecule has 1 N–H and O–H groups in total.